The topological polar surface area (TPSA) is 203 Å². The number of hydrogen-bond acceptors (Lipinski definition) is 12. The highest BCUT2D eigenvalue weighted by molar-refractivity contribution is 6.36. The van der Waals surface area contributed by atoms with Gasteiger partial charge < -0.3 is 40.5 Å². The lowest BCUT2D eigenvalue weighted by atomic mass is 9.95. The molecule has 0 saturated heterocycles. The van der Waals surface area contributed by atoms with Crippen LogP contribution in [-0.4, -0.2) is 58.2 Å². The van der Waals surface area contributed by atoms with Gasteiger partial charge in [-0.15, -0.1) is 0 Å². The first-order valence-corrected chi connectivity index (χ1v) is 19.3. The lowest BCUT2D eigenvalue weighted by Crippen LogP contribution is -2.43. The van der Waals surface area contributed by atoms with E-state index in [4.69, 9.17) is 31.5 Å². The van der Waals surface area contributed by atoms with Gasteiger partial charge in [-0.1, -0.05) is 44.5 Å². The zero-order chi connectivity index (χ0) is 42.3. The number of alkyl carbamates (subject to hydrolysis) is 1. The Morgan fingerprint density at radius 3 is 2.47 bits per heavy atom. The van der Waals surface area contributed by atoms with E-state index in [1.807, 2.05) is 20.8 Å². The Bertz CT molecular complexity index is 2420. The summed E-state index contributed by atoms with van der Waals surface area (Å²) in [5.74, 6) is -0.338. The van der Waals surface area contributed by atoms with E-state index in [1.54, 1.807) is 70.5 Å². The first-order valence-electron chi connectivity index (χ1n) is 18.9. The number of aryl methyl sites for hydroxylation is 1. The van der Waals surface area contributed by atoms with Gasteiger partial charge in [-0.2, -0.15) is 5.26 Å². The van der Waals surface area contributed by atoms with Crippen molar-refractivity contribution in [1.82, 2.24) is 20.2 Å². The van der Waals surface area contributed by atoms with Gasteiger partial charge in [0.1, 0.15) is 23.8 Å². The maximum atomic E-state index is 14.7. The number of rotatable bonds is 12. The van der Waals surface area contributed by atoms with E-state index in [0.29, 0.717) is 45.4 Å². The Morgan fingerprint density at radius 2 is 1.83 bits per heavy atom. The molecule has 2 fully saturated rings. The van der Waals surface area contributed by atoms with Crippen molar-refractivity contribution in [3.8, 4) is 6.07 Å². The van der Waals surface area contributed by atoms with Crippen LogP contribution in [-0.2, 0) is 26.1 Å². The number of esters is 1. The van der Waals surface area contributed by atoms with E-state index < -0.39 is 42.6 Å². The number of nitrogens with two attached hydrogens (primary N) is 1. The van der Waals surface area contributed by atoms with Crippen LogP contribution < -0.4 is 32.1 Å². The molecule has 0 bridgehead atoms. The second-order valence-electron chi connectivity index (χ2n) is 17.1. The Balaban J connectivity index is 1.46. The first-order chi connectivity index (χ1) is 27.2. The predicted octanol–water partition coefficient (Wildman–Crippen LogP) is 6.72. The van der Waals surface area contributed by atoms with Crippen LogP contribution in [0.2, 0.25) is 5.02 Å². The van der Waals surface area contributed by atoms with Gasteiger partial charge in [-0.25, -0.2) is 14.4 Å². The minimum atomic E-state index is -1.14. The molecule has 58 heavy (non-hydrogen) atoms. The number of nitriles is 1. The van der Waals surface area contributed by atoms with Crippen LogP contribution in [0, 0.1) is 22.7 Å². The number of nitrogens with zero attached hydrogens (tertiary/aromatic N) is 4. The molecule has 2 saturated carbocycles. The summed E-state index contributed by atoms with van der Waals surface area (Å²) in [6, 6.07) is 10.1. The van der Waals surface area contributed by atoms with Crippen LogP contribution in [0.15, 0.2) is 65.5 Å². The molecule has 2 aliphatic rings. The van der Waals surface area contributed by atoms with Crippen molar-refractivity contribution in [3.63, 3.8) is 0 Å². The van der Waals surface area contributed by atoms with Crippen LogP contribution in [0.4, 0.5) is 21.0 Å². The normalized spacial score (nSPS) is 18.3. The van der Waals surface area contributed by atoms with Crippen LogP contribution in [0.25, 0.3) is 21.7 Å². The summed E-state index contributed by atoms with van der Waals surface area (Å²) < 4.78 is 17.6. The molecular formula is C42H49ClN8O7. The molecule has 0 aliphatic heterocycles. The highest BCUT2D eigenvalue weighted by Gasteiger charge is 2.69. The number of amides is 2. The fourth-order valence-electron chi connectivity index (χ4n) is 6.60. The third-order valence-electron chi connectivity index (χ3n) is 10.0. The molecule has 0 unspecified atom stereocenters. The molecule has 2 amide bonds. The van der Waals surface area contributed by atoms with Crippen LogP contribution in [0.5, 0.6) is 0 Å². The van der Waals surface area contributed by atoms with Crippen LogP contribution in [0.1, 0.15) is 78.5 Å². The maximum Gasteiger partial charge on any atom is 0.418 e. The number of fused-ring (bicyclic) bond motifs is 3. The number of anilines is 2. The van der Waals surface area contributed by atoms with Gasteiger partial charge in [0.15, 0.2) is 0 Å². The molecule has 0 radical (unpaired) electrons. The van der Waals surface area contributed by atoms with Crippen molar-refractivity contribution in [3.05, 3.63) is 87.2 Å². The molecule has 16 heteroatoms. The van der Waals surface area contributed by atoms with E-state index in [9.17, 15) is 24.4 Å². The molecule has 15 nitrogen and oxygen atoms in total. The molecule has 2 atom stereocenters. The molecule has 306 valence electrons. The fraction of sp³-hybridized carbons (Fsp3) is 0.429. The first kappa shape index (κ1) is 41.6. The molecule has 2 aliphatic carbocycles. The zero-order valence-corrected chi connectivity index (χ0v) is 34.6. The average molecular weight is 813 g/mol. The van der Waals surface area contributed by atoms with E-state index in [2.05, 4.69) is 27.0 Å². The molecule has 0 spiro atoms. The highest BCUT2D eigenvalue weighted by Crippen LogP contribution is 2.66. The Kier molecular flexibility index (Phi) is 11.3. The number of carbonyl (C=O) groups is 3. The van der Waals surface area contributed by atoms with Crippen molar-refractivity contribution in [2.75, 3.05) is 23.6 Å². The van der Waals surface area contributed by atoms with Gasteiger partial charge in [0.25, 0.3) is 5.56 Å². The zero-order valence-electron chi connectivity index (χ0n) is 33.9. The van der Waals surface area contributed by atoms with E-state index in [-0.39, 0.29) is 38.5 Å². The lowest BCUT2D eigenvalue weighted by molar-refractivity contribution is -0.153. The van der Waals surface area contributed by atoms with Gasteiger partial charge in [0.2, 0.25) is 6.79 Å². The van der Waals surface area contributed by atoms with E-state index in [1.165, 1.54) is 28.7 Å². The molecule has 4 aromatic rings. The minimum absolute atomic E-state index is 0.0350. The van der Waals surface area contributed by atoms with Crippen molar-refractivity contribution in [1.29, 1.82) is 5.26 Å². The molecule has 2 aromatic heterocycles. The van der Waals surface area contributed by atoms with Crippen LogP contribution in [0.3, 0.4) is 0 Å². The standard InChI is InChI=1S/C42H49ClN8O7/c1-23(49-38(54)58-41(5,6)7)37(53)56-22-57-39(55)51(26-14-30-33(47-21-40(2,3)4)24(18-44)19-46-34(30)31(43)15-26)35(32(45)20-48-42-16-25(42)17-42)28-10-9-11-29-27(28)12-13-50(8)36(29)52/h9-15,19-20,23,25,35,48H,16-17,21-22,45H2,1-8H3,(H,46,47)(H,49,54)/b32-20-/t23-,25?,35-,42?/m0/s1. The Hall–Kier alpha value is -6.01. The lowest BCUT2D eigenvalue weighted by Gasteiger charge is -2.33. The van der Waals surface area contributed by atoms with E-state index >= 15 is 0 Å². The summed E-state index contributed by atoms with van der Waals surface area (Å²) in [7, 11) is 1.64. The number of halogens is 1. The molecule has 2 aromatic carbocycles. The number of benzene rings is 2. The second kappa shape index (κ2) is 15.7. The van der Waals surface area contributed by atoms with Gasteiger partial charge in [-0.3, -0.25) is 14.7 Å². The number of nitrogens with one attached hydrogen (secondary N) is 3. The summed E-state index contributed by atoms with van der Waals surface area (Å²) in [6.45, 7) is 12.2. The van der Waals surface area contributed by atoms with Gasteiger partial charge in [-0.05, 0) is 87.1 Å². The van der Waals surface area contributed by atoms with Gasteiger partial charge in [0.05, 0.1) is 33.2 Å². The van der Waals surface area contributed by atoms with Crippen molar-refractivity contribution >= 4 is 62.8 Å². The quantitative estimate of drug-likeness (QED) is 0.0870. The van der Waals surface area contributed by atoms with Gasteiger partial charge >= 0.3 is 18.2 Å². The number of ether oxygens (including phenoxy) is 3. The highest BCUT2D eigenvalue weighted by atomic mass is 35.5. The Morgan fingerprint density at radius 1 is 1.12 bits per heavy atom. The third kappa shape index (κ3) is 9.07. The summed E-state index contributed by atoms with van der Waals surface area (Å²) in [5.41, 5.74) is 7.70. The smallest absolute Gasteiger partial charge is 0.418 e. The Labute approximate surface area is 341 Å². The van der Waals surface area contributed by atoms with Crippen molar-refractivity contribution < 1.29 is 28.6 Å². The predicted molar refractivity (Wildman–Crippen MR) is 221 cm³/mol. The van der Waals surface area contributed by atoms with Crippen molar-refractivity contribution in [2.24, 2.45) is 24.1 Å². The summed E-state index contributed by atoms with van der Waals surface area (Å²) in [5, 5.41) is 20.9. The number of aromatic nitrogens is 2. The third-order valence-corrected chi connectivity index (χ3v) is 10.3. The minimum Gasteiger partial charge on any atom is -0.444 e. The largest absolute Gasteiger partial charge is 0.444 e. The molecule has 5 N–H and O–H groups in total. The molecular weight excluding hydrogens is 764 g/mol. The number of pyridine rings is 2. The van der Waals surface area contributed by atoms with Gasteiger partial charge in [0, 0.05) is 48.5 Å². The summed E-state index contributed by atoms with van der Waals surface area (Å²) in [4.78, 5) is 59.0. The summed E-state index contributed by atoms with van der Waals surface area (Å²) in [6.07, 6.45) is 4.92. The maximum absolute atomic E-state index is 14.7. The second-order valence-corrected chi connectivity index (χ2v) is 17.5. The monoisotopic (exact) mass is 812 g/mol. The average Bonchev–Trinajstić information content (AvgIpc) is 4.03. The SMILES string of the molecule is C[C@H](NC(=O)OC(C)(C)C)C(=O)OCOC(=O)N(c1cc(Cl)c2ncc(C#N)c(NCC(C)(C)C)c2c1)[C@H](/C(N)=C/NC12CC1C2)c1cccc2c(=O)n(C)ccc12. The molecule has 2 heterocycles. The summed E-state index contributed by atoms with van der Waals surface area (Å²) >= 11 is 6.96. The van der Waals surface area contributed by atoms with Crippen molar-refractivity contribution in [2.45, 2.75) is 84.5 Å². The van der Waals surface area contributed by atoms with Crippen LogP contribution >= 0.6 is 11.6 Å². The number of hydrogen-bond donors (Lipinski definition) is 4. The van der Waals surface area contributed by atoms with E-state index in [0.717, 1.165) is 12.8 Å². The number of carbonyl (C=O) groups excluding carboxylic acids is 3. The fourth-order valence-corrected chi connectivity index (χ4v) is 6.86. The molecule has 6 rings (SSSR count).